The predicted molar refractivity (Wildman–Crippen MR) is 53.8 cm³/mol. The first kappa shape index (κ1) is 11.4. The number of carbonyl (C=O) groups is 2. The van der Waals surface area contributed by atoms with E-state index in [1.165, 1.54) is 12.1 Å². The summed E-state index contributed by atoms with van der Waals surface area (Å²) in [5.41, 5.74) is 0.589. The van der Waals surface area contributed by atoms with E-state index in [4.69, 9.17) is 0 Å². The van der Waals surface area contributed by atoms with E-state index in [0.29, 0.717) is 11.8 Å². The molecule has 0 saturated carbocycles. The molecule has 1 rings (SSSR count). The minimum absolute atomic E-state index is 0.0793. The molecule has 4 heteroatoms. The number of nitrogens with one attached hydrogen (secondary N) is 1. The van der Waals surface area contributed by atoms with Crippen molar-refractivity contribution in [2.45, 2.75) is 19.4 Å². The zero-order chi connectivity index (χ0) is 11.3. The van der Waals surface area contributed by atoms with Crippen LogP contribution in [-0.4, -0.2) is 18.2 Å². The van der Waals surface area contributed by atoms with Gasteiger partial charge in [-0.1, -0.05) is 12.1 Å². The molecule has 0 saturated heterocycles. The average Bonchev–Trinajstić information content (AvgIpc) is 2.17. The average molecular weight is 209 g/mol. The van der Waals surface area contributed by atoms with Gasteiger partial charge in [0.1, 0.15) is 12.1 Å². The molecule has 0 aromatic heterocycles. The Hall–Kier alpha value is -1.71. The molecule has 80 valence electrons. The van der Waals surface area contributed by atoms with Crippen molar-refractivity contribution in [1.29, 1.82) is 0 Å². The molecular formula is C11H12FNO2. The third-order valence-electron chi connectivity index (χ3n) is 1.85. The van der Waals surface area contributed by atoms with Crippen LogP contribution in [0.5, 0.6) is 0 Å². The van der Waals surface area contributed by atoms with Gasteiger partial charge in [-0.05, 0) is 24.6 Å². The van der Waals surface area contributed by atoms with Gasteiger partial charge in [-0.3, -0.25) is 4.79 Å². The fraction of sp³-hybridized carbons (Fsp3) is 0.273. The van der Waals surface area contributed by atoms with Crippen LogP contribution in [0.15, 0.2) is 24.3 Å². The van der Waals surface area contributed by atoms with Gasteiger partial charge >= 0.3 is 0 Å². The molecule has 0 aliphatic heterocycles. The van der Waals surface area contributed by atoms with Crippen molar-refractivity contribution in [3.63, 3.8) is 0 Å². The summed E-state index contributed by atoms with van der Waals surface area (Å²) in [7, 11) is 0. The molecule has 0 aliphatic rings. The maximum atomic E-state index is 12.8. The quantitative estimate of drug-likeness (QED) is 0.754. The van der Waals surface area contributed by atoms with Crippen molar-refractivity contribution < 1.29 is 14.0 Å². The number of hydrogen-bond donors (Lipinski definition) is 1. The van der Waals surface area contributed by atoms with Gasteiger partial charge in [-0.15, -0.1) is 0 Å². The second kappa shape index (κ2) is 5.24. The first-order chi connectivity index (χ1) is 7.11. The van der Waals surface area contributed by atoms with Gasteiger partial charge in [0.2, 0.25) is 5.91 Å². The van der Waals surface area contributed by atoms with Gasteiger partial charge in [-0.25, -0.2) is 4.39 Å². The molecule has 0 radical (unpaired) electrons. The van der Waals surface area contributed by atoms with Crippen molar-refractivity contribution in [3.8, 4) is 0 Å². The zero-order valence-electron chi connectivity index (χ0n) is 8.37. The highest BCUT2D eigenvalue weighted by Crippen LogP contribution is 2.04. The SMILES string of the molecule is C[C@@H](C=O)NC(=O)Cc1cccc(F)c1. The van der Waals surface area contributed by atoms with Gasteiger partial charge in [0, 0.05) is 0 Å². The highest BCUT2D eigenvalue weighted by Gasteiger charge is 2.07. The van der Waals surface area contributed by atoms with Crippen LogP contribution < -0.4 is 5.32 Å². The molecule has 1 atom stereocenters. The Morgan fingerprint density at radius 2 is 2.33 bits per heavy atom. The van der Waals surface area contributed by atoms with Crippen molar-refractivity contribution in [1.82, 2.24) is 5.32 Å². The Bertz CT molecular complexity index is 365. The third kappa shape index (κ3) is 3.89. The number of rotatable bonds is 4. The lowest BCUT2D eigenvalue weighted by atomic mass is 10.1. The van der Waals surface area contributed by atoms with E-state index in [9.17, 15) is 14.0 Å². The molecule has 0 aliphatic carbocycles. The lowest BCUT2D eigenvalue weighted by Crippen LogP contribution is -2.34. The normalized spacial score (nSPS) is 11.9. The minimum Gasteiger partial charge on any atom is -0.347 e. The lowest BCUT2D eigenvalue weighted by molar-refractivity contribution is -0.123. The molecule has 1 aromatic rings. The van der Waals surface area contributed by atoms with Gasteiger partial charge in [0.25, 0.3) is 0 Å². The molecule has 1 N–H and O–H groups in total. The third-order valence-corrected chi connectivity index (χ3v) is 1.85. The molecule has 1 amide bonds. The highest BCUT2D eigenvalue weighted by atomic mass is 19.1. The molecule has 1 aromatic carbocycles. The fourth-order valence-electron chi connectivity index (χ4n) is 1.17. The Balaban J connectivity index is 2.55. The maximum absolute atomic E-state index is 12.8. The van der Waals surface area contributed by atoms with E-state index in [2.05, 4.69) is 5.32 Å². The predicted octanol–water partition coefficient (Wildman–Crippen LogP) is 1.07. The molecule has 0 heterocycles. The Labute approximate surface area is 87.3 Å². The lowest BCUT2D eigenvalue weighted by Gasteiger charge is -2.07. The fourth-order valence-corrected chi connectivity index (χ4v) is 1.17. The number of hydrogen-bond acceptors (Lipinski definition) is 2. The van der Waals surface area contributed by atoms with Crippen LogP contribution in [0.3, 0.4) is 0 Å². The Morgan fingerprint density at radius 3 is 2.93 bits per heavy atom. The van der Waals surface area contributed by atoms with E-state index >= 15 is 0 Å². The van der Waals surface area contributed by atoms with E-state index < -0.39 is 6.04 Å². The van der Waals surface area contributed by atoms with Crippen LogP contribution in [0.25, 0.3) is 0 Å². The summed E-state index contributed by atoms with van der Waals surface area (Å²) in [5.74, 6) is -0.663. The second-order valence-corrected chi connectivity index (χ2v) is 3.30. The summed E-state index contributed by atoms with van der Waals surface area (Å²) in [6, 6.07) is 5.31. The molecule has 0 spiro atoms. The van der Waals surface area contributed by atoms with Crippen molar-refractivity contribution in [2.75, 3.05) is 0 Å². The first-order valence-electron chi connectivity index (χ1n) is 4.61. The topological polar surface area (TPSA) is 46.2 Å². The van der Waals surface area contributed by atoms with Gasteiger partial charge in [0.05, 0.1) is 12.5 Å². The van der Waals surface area contributed by atoms with Gasteiger partial charge in [0.15, 0.2) is 0 Å². The van der Waals surface area contributed by atoms with Crippen LogP contribution in [0.4, 0.5) is 4.39 Å². The number of carbonyl (C=O) groups excluding carboxylic acids is 2. The summed E-state index contributed by atoms with van der Waals surface area (Å²) in [6.07, 6.45) is 0.722. The van der Waals surface area contributed by atoms with Crippen LogP contribution in [-0.2, 0) is 16.0 Å². The van der Waals surface area contributed by atoms with Crippen LogP contribution in [0, 0.1) is 5.82 Å². The minimum atomic E-state index is -0.508. The molecule has 0 unspecified atom stereocenters. The largest absolute Gasteiger partial charge is 0.347 e. The first-order valence-corrected chi connectivity index (χ1v) is 4.61. The summed E-state index contributed by atoms with van der Waals surface area (Å²) in [4.78, 5) is 21.6. The maximum Gasteiger partial charge on any atom is 0.224 e. The molecule has 0 bridgehead atoms. The molecule has 0 fully saturated rings. The Morgan fingerprint density at radius 1 is 1.60 bits per heavy atom. The number of aldehydes is 1. The number of benzene rings is 1. The monoisotopic (exact) mass is 209 g/mol. The van der Waals surface area contributed by atoms with E-state index in [1.807, 2.05) is 0 Å². The van der Waals surface area contributed by atoms with Crippen LogP contribution in [0.1, 0.15) is 12.5 Å². The van der Waals surface area contributed by atoms with E-state index in [1.54, 1.807) is 19.1 Å². The van der Waals surface area contributed by atoms with E-state index in [0.717, 1.165) is 0 Å². The van der Waals surface area contributed by atoms with Gasteiger partial charge in [-0.2, -0.15) is 0 Å². The van der Waals surface area contributed by atoms with E-state index in [-0.39, 0.29) is 18.1 Å². The van der Waals surface area contributed by atoms with Crippen LogP contribution in [0.2, 0.25) is 0 Å². The summed E-state index contributed by atoms with van der Waals surface area (Å²) < 4.78 is 12.8. The zero-order valence-corrected chi connectivity index (χ0v) is 8.37. The standard InChI is InChI=1S/C11H12FNO2/c1-8(7-14)13-11(15)6-9-3-2-4-10(12)5-9/h2-5,7-8H,6H2,1H3,(H,13,15)/t8-/m0/s1. The molecular weight excluding hydrogens is 197 g/mol. The van der Waals surface area contributed by atoms with Crippen molar-refractivity contribution in [3.05, 3.63) is 35.6 Å². The molecule has 3 nitrogen and oxygen atoms in total. The van der Waals surface area contributed by atoms with Crippen LogP contribution >= 0.6 is 0 Å². The molecule has 15 heavy (non-hydrogen) atoms. The number of halogens is 1. The van der Waals surface area contributed by atoms with Crippen molar-refractivity contribution >= 4 is 12.2 Å². The van der Waals surface area contributed by atoms with Crippen molar-refractivity contribution in [2.24, 2.45) is 0 Å². The second-order valence-electron chi connectivity index (χ2n) is 3.30. The summed E-state index contributed by atoms with van der Waals surface area (Å²) in [6.45, 7) is 1.58. The highest BCUT2D eigenvalue weighted by molar-refractivity contribution is 5.81. The smallest absolute Gasteiger partial charge is 0.224 e. The Kier molecular flexibility index (Phi) is 3.97. The summed E-state index contributed by atoms with van der Waals surface area (Å²) in [5, 5.41) is 2.47. The van der Waals surface area contributed by atoms with Gasteiger partial charge < -0.3 is 10.1 Å². The number of amides is 1. The summed E-state index contributed by atoms with van der Waals surface area (Å²) >= 11 is 0.